The first-order valence-electron chi connectivity index (χ1n) is 10.2. The van der Waals surface area contributed by atoms with Crippen molar-refractivity contribution in [1.29, 1.82) is 0 Å². The molecule has 0 spiro atoms. The van der Waals surface area contributed by atoms with Crippen molar-refractivity contribution < 1.29 is 0 Å². The lowest BCUT2D eigenvalue weighted by atomic mass is 10.0. The van der Waals surface area contributed by atoms with E-state index >= 15 is 0 Å². The molecule has 0 amide bonds. The van der Waals surface area contributed by atoms with E-state index in [0.29, 0.717) is 12.1 Å². The maximum Gasteiger partial charge on any atom is 0.191 e. The lowest BCUT2D eigenvalue weighted by molar-refractivity contribution is 0.198. The second kappa shape index (κ2) is 11.7. The van der Waals surface area contributed by atoms with Crippen molar-refractivity contribution in [3.05, 3.63) is 34.3 Å². The number of likely N-dealkylation sites (N-methyl/N-ethyl adjacent to an activating group) is 1. The second-order valence-electron chi connectivity index (χ2n) is 8.14. The highest BCUT2D eigenvalue weighted by Crippen LogP contribution is 2.34. The Balaban J connectivity index is 0.00000280. The summed E-state index contributed by atoms with van der Waals surface area (Å²) in [5.41, 5.74) is 1.39. The zero-order chi connectivity index (χ0) is 19.2. The van der Waals surface area contributed by atoms with Crippen molar-refractivity contribution in [3.63, 3.8) is 0 Å². The minimum Gasteiger partial charge on any atom is -0.355 e. The summed E-state index contributed by atoms with van der Waals surface area (Å²) < 4.78 is 1.14. The Morgan fingerprint density at radius 2 is 1.82 bits per heavy atom. The van der Waals surface area contributed by atoms with Crippen LogP contribution in [0.4, 0.5) is 0 Å². The van der Waals surface area contributed by atoms with Gasteiger partial charge in [-0.3, -0.25) is 9.89 Å². The van der Waals surface area contributed by atoms with Crippen LogP contribution in [0.2, 0.25) is 0 Å². The Morgan fingerprint density at radius 1 is 1.18 bits per heavy atom. The Morgan fingerprint density at radius 3 is 2.36 bits per heavy atom. The average molecular weight is 564 g/mol. The monoisotopic (exact) mass is 563 g/mol. The summed E-state index contributed by atoms with van der Waals surface area (Å²) in [6.07, 6.45) is 5.06. The SMILES string of the molecule is CN=C(NCC(C1CC1)N(C)C)NC1CCN(Cc2ccc(Br)cc2)CC1.I. The molecule has 158 valence electrons. The minimum atomic E-state index is 0. The standard InChI is InChI=1S/C21H34BrN5.HI/c1-23-21(24-14-20(26(2)3)17-6-7-17)25-19-10-12-27(13-11-19)15-16-4-8-18(22)9-5-16;/h4-5,8-9,17,19-20H,6-7,10-15H2,1-3H3,(H2,23,24,25);1H. The van der Waals surface area contributed by atoms with E-state index < -0.39 is 0 Å². The summed E-state index contributed by atoms with van der Waals surface area (Å²) in [7, 11) is 6.24. The lowest BCUT2D eigenvalue weighted by Crippen LogP contribution is -2.51. The molecule has 28 heavy (non-hydrogen) atoms. The summed E-state index contributed by atoms with van der Waals surface area (Å²) >= 11 is 3.51. The van der Waals surface area contributed by atoms with Gasteiger partial charge in [0, 0.05) is 49.8 Å². The van der Waals surface area contributed by atoms with Gasteiger partial charge in [0.1, 0.15) is 0 Å². The smallest absolute Gasteiger partial charge is 0.191 e. The zero-order valence-electron chi connectivity index (χ0n) is 17.3. The fourth-order valence-electron chi connectivity index (χ4n) is 3.92. The summed E-state index contributed by atoms with van der Waals surface area (Å²) in [6, 6.07) is 9.79. The fourth-order valence-corrected chi connectivity index (χ4v) is 4.19. The van der Waals surface area contributed by atoms with Crippen LogP contribution in [0.5, 0.6) is 0 Å². The van der Waals surface area contributed by atoms with Crippen LogP contribution in [0.1, 0.15) is 31.2 Å². The Hall–Kier alpha value is -0.380. The van der Waals surface area contributed by atoms with Crippen LogP contribution in [0, 0.1) is 5.92 Å². The van der Waals surface area contributed by atoms with Gasteiger partial charge in [0.25, 0.3) is 0 Å². The molecule has 1 aliphatic carbocycles. The number of hydrogen-bond donors (Lipinski definition) is 2. The van der Waals surface area contributed by atoms with E-state index in [1.165, 1.54) is 18.4 Å². The average Bonchev–Trinajstić information content (AvgIpc) is 3.49. The molecule has 1 unspecified atom stereocenters. The number of nitrogens with zero attached hydrogens (tertiary/aromatic N) is 3. The molecule has 5 nitrogen and oxygen atoms in total. The molecule has 1 saturated carbocycles. The van der Waals surface area contributed by atoms with Gasteiger partial charge >= 0.3 is 0 Å². The third-order valence-electron chi connectivity index (χ3n) is 5.78. The molecule has 1 heterocycles. The van der Waals surface area contributed by atoms with Crippen molar-refractivity contribution in [2.75, 3.05) is 40.8 Å². The number of rotatable bonds is 7. The number of guanidine groups is 1. The molecule has 1 aromatic carbocycles. The fraction of sp³-hybridized carbons (Fsp3) is 0.667. The Kier molecular flexibility index (Phi) is 10.00. The van der Waals surface area contributed by atoms with Gasteiger partial charge in [0.05, 0.1) is 0 Å². The Bertz CT molecular complexity index is 608. The van der Waals surface area contributed by atoms with E-state index in [9.17, 15) is 0 Å². The van der Waals surface area contributed by atoms with Crippen LogP contribution >= 0.6 is 39.9 Å². The molecule has 2 N–H and O–H groups in total. The topological polar surface area (TPSA) is 42.9 Å². The highest BCUT2D eigenvalue weighted by Gasteiger charge is 2.32. The van der Waals surface area contributed by atoms with E-state index in [1.807, 2.05) is 7.05 Å². The van der Waals surface area contributed by atoms with Crippen molar-refractivity contribution in [1.82, 2.24) is 20.4 Å². The molecular weight excluding hydrogens is 529 g/mol. The summed E-state index contributed by atoms with van der Waals surface area (Å²) in [5, 5.41) is 7.19. The quantitative estimate of drug-likeness (QED) is 0.302. The van der Waals surface area contributed by atoms with E-state index in [2.05, 4.69) is 79.7 Å². The van der Waals surface area contributed by atoms with Crippen LogP contribution in [-0.2, 0) is 6.54 Å². The highest BCUT2D eigenvalue weighted by atomic mass is 127. The van der Waals surface area contributed by atoms with Crippen molar-refractivity contribution in [2.24, 2.45) is 10.9 Å². The first kappa shape index (κ1) is 23.9. The van der Waals surface area contributed by atoms with Crippen LogP contribution in [0.25, 0.3) is 0 Å². The molecule has 7 heteroatoms. The van der Waals surface area contributed by atoms with Gasteiger partial charge in [0.2, 0.25) is 0 Å². The normalized spacial score (nSPS) is 20.0. The summed E-state index contributed by atoms with van der Waals surface area (Å²) in [5.74, 6) is 1.81. The maximum atomic E-state index is 4.45. The number of likely N-dealkylation sites (tertiary alicyclic amines) is 1. The number of piperidine rings is 1. The van der Waals surface area contributed by atoms with Gasteiger partial charge in [-0.1, -0.05) is 28.1 Å². The van der Waals surface area contributed by atoms with Gasteiger partial charge < -0.3 is 15.5 Å². The third kappa shape index (κ3) is 7.46. The highest BCUT2D eigenvalue weighted by molar-refractivity contribution is 14.0. The Labute approximate surface area is 195 Å². The van der Waals surface area contributed by atoms with E-state index in [1.54, 1.807) is 0 Å². The number of benzene rings is 1. The van der Waals surface area contributed by atoms with Gasteiger partial charge in [0.15, 0.2) is 5.96 Å². The molecule has 1 saturated heterocycles. The largest absolute Gasteiger partial charge is 0.355 e. The van der Waals surface area contributed by atoms with Crippen LogP contribution in [0.15, 0.2) is 33.7 Å². The van der Waals surface area contributed by atoms with E-state index in [4.69, 9.17) is 0 Å². The van der Waals surface area contributed by atoms with E-state index in [0.717, 1.165) is 55.4 Å². The molecule has 0 bridgehead atoms. The predicted molar refractivity (Wildman–Crippen MR) is 133 cm³/mol. The molecule has 3 rings (SSSR count). The van der Waals surface area contributed by atoms with Crippen LogP contribution in [0.3, 0.4) is 0 Å². The first-order valence-corrected chi connectivity index (χ1v) is 10.9. The van der Waals surface area contributed by atoms with Gasteiger partial charge in [-0.15, -0.1) is 24.0 Å². The number of nitrogens with one attached hydrogen (secondary N) is 2. The molecule has 1 atom stereocenters. The van der Waals surface area contributed by atoms with Crippen molar-refractivity contribution in [2.45, 2.75) is 44.3 Å². The lowest BCUT2D eigenvalue weighted by Gasteiger charge is -2.33. The number of hydrogen-bond acceptors (Lipinski definition) is 3. The van der Waals surface area contributed by atoms with Gasteiger partial charge in [-0.2, -0.15) is 0 Å². The maximum absolute atomic E-state index is 4.45. The van der Waals surface area contributed by atoms with Crippen molar-refractivity contribution in [3.8, 4) is 0 Å². The summed E-state index contributed by atoms with van der Waals surface area (Å²) in [6.45, 7) is 4.28. The molecule has 2 aliphatic rings. The zero-order valence-corrected chi connectivity index (χ0v) is 21.2. The third-order valence-corrected chi connectivity index (χ3v) is 6.31. The molecule has 0 radical (unpaired) electrons. The molecular formula is C21H35BrIN5. The van der Waals surface area contributed by atoms with Gasteiger partial charge in [-0.05, 0) is 63.4 Å². The predicted octanol–water partition coefficient (Wildman–Crippen LogP) is 3.54. The summed E-state index contributed by atoms with van der Waals surface area (Å²) in [4.78, 5) is 9.34. The van der Waals surface area contributed by atoms with Gasteiger partial charge in [-0.25, -0.2) is 0 Å². The second-order valence-corrected chi connectivity index (χ2v) is 9.06. The molecule has 0 aromatic heterocycles. The van der Waals surface area contributed by atoms with E-state index in [-0.39, 0.29) is 24.0 Å². The minimum absolute atomic E-state index is 0. The number of halogens is 2. The molecule has 1 aliphatic heterocycles. The number of aliphatic imine (C=N–C) groups is 1. The molecule has 1 aromatic rings. The van der Waals surface area contributed by atoms with Crippen LogP contribution in [-0.4, -0.2) is 68.6 Å². The van der Waals surface area contributed by atoms with Crippen LogP contribution < -0.4 is 10.6 Å². The molecule has 2 fully saturated rings. The van der Waals surface area contributed by atoms with Crippen molar-refractivity contribution >= 4 is 45.9 Å². The first-order chi connectivity index (χ1) is 13.0.